The molecule has 10 nitrogen and oxygen atoms in total. The molecule has 3 amide bonds. The predicted molar refractivity (Wildman–Crippen MR) is 160 cm³/mol. The first-order chi connectivity index (χ1) is 20.5. The standard InChI is InChI=1S/C31H24N4O6S/c1-39-23-11-9-22(10-12-23)35-29(37)24-15-20(19-5-3-2-4-6-19)7-13-25(24)33-31(35)42-17-28(36)34-30(38)32-21-8-14-26-27(16-21)41-18-40-26/h2-16H,17-18H2,1H3,(H2,32,34,36,38). The number of carbonyl (C=O) groups excluding carboxylic acids is 2. The number of carbonyl (C=O) groups is 2. The minimum absolute atomic E-state index is 0.110. The lowest BCUT2D eigenvalue weighted by atomic mass is 10.0. The molecule has 2 N–H and O–H groups in total. The Morgan fingerprint density at radius 1 is 0.929 bits per heavy atom. The third-order valence-electron chi connectivity index (χ3n) is 6.49. The fourth-order valence-electron chi connectivity index (χ4n) is 4.46. The number of anilines is 1. The van der Waals surface area contributed by atoms with Gasteiger partial charge < -0.3 is 19.5 Å². The van der Waals surface area contributed by atoms with E-state index in [4.69, 9.17) is 19.2 Å². The van der Waals surface area contributed by atoms with E-state index in [0.29, 0.717) is 44.7 Å². The number of urea groups is 1. The number of hydrogen-bond donors (Lipinski definition) is 2. The fourth-order valence-corrected chi connectivity index (χ4v) is 5.27. The molecule has 210 valence electrons. The first kappa shape index (κ1) is 26.9. The molecule has 11 heteroatoms. The Morgan fingerprint density at radius 3 is 2.50 bits per heavy atom. The second kappa shape index (κ2) is 11.7. The molecule has 0 fully saturated rings. The van der Waals surface area contributed by atoms with Gasteiger partial charge in [-0.2, -0.15) is 0 Å². The van der Waals surface area contributed by atoms with Crippen LogP contribution in [0.5, 0.6) is 17.2 Å². The van der Waals surface area contributed by atoms with Crippen LogP contribution in [0.1, 0.15) is 0 Å². The van der Waals surface area contributed by atoms with Gasteiger partial charge in [-0.1, -0.05) is 48.2 Å². The van der Waals surface area contributed by atoms with Crippen LogP contribution in [0.25, 0.3) is 27.7 Å². The zero-order chi connectivity index (χ0) is 29.1. The number of rotatable bonds is 7. The maximum Gasteiger partial charge on any atom is 0.325 e. The predicted octanol–water partition coefficient (Wildman–Crippen LogP) is 5.23. The number of thioether (sulfide) groups is 1. The summed E-state index contributed by atoms with van der Waals surface area (Å²) in [6, 6.07) is 26.5. The quantitative estimate of drug-likeness (QED) is 0.198. The molecule has 1 aliphatic rings. The molecule has 0 saturated carbocycles. The Labute approximate surface area is 244 Å². The Bertz CT molecular complexity index is 1860. The number of nitrogens with one attached hydrogen (secondary N) is 2. The fraction of sp³-hybridized carbons (Fsp3) is 0.0968. The van der Waals surface area contributed by atoms with Crippen molar-refractivity contribution < 1.29 is 23.8 Å². The molecule has 42 heavy (non-hydrogen) atoms. The van der Waals surface area contributed by atoms with Crippen molar-refractivity contribution in [2.75, 3.05) is 25.0 Å². The molecule has 0 saturated heterocycles. The Morgan fingerprint density at radius 2 is 1.71 bits per heavy atom. The van der Waals surface area contributed by atoms with E-state index in [1.807, 2.05) is 42.5 Å². The molecule has 0 atom stereocenters. The van der Waals surface area contributed by atoms with E-state index >= 15 is 0 Å². The third kappa shape index (κ3) is 5.63. The van der Waals surface area contributed by atoms with E-state index in [2.05, 4.69) is 10.6 Å². The zero-order valence-corrected chi connectivity index (χ0v) is 23.1. The summed E-state index contributed by atoms with van der Waals surface area (Å²) >= 11 is 1.05. The van der Waals surface area contributed by atoms with Crippen LogP contribution < -0.4 is 30.4 Å². The van der Waals surface area contributed by atoms with Crippen LogP contribution in [0.4, 0.5) is 10.5 Å². The monoisotopic (exact) mass is 580 g/mol. The molecule has 0 aliphatic carbocycles. The van der Waals surface area contributed by atoms with Crippen molar-refractivity contribution in [3.63, 3.8) is 0 Å². The highest BCUT2D eigenvalue weighted by Gasteiger charge is 2.18. The van der Waals surface area contributed by atoms with Gasteiger partial charge in [0.1, 0.15) is 5.75 Å². The Hall–Kier alpha value is -5.29. The summed E-state index contributed by atoms with van der Waals surface area (Å²) < 4.78 is 17.3. The van der Waals surface area contributed by atoms with E-state index in [-0.39, 0.29) is 18.1 Å². The van der Waals surface area contributed by atoms with E-state index in [1.165, 1.54) is 4.57 Å². The SMILES string of the molecule is COc1ccc(-n2c(SCC(=O)NC(=O)Nc3ccc4c(c3)OCO4)nc3ccc(-c4ccccc4)cc3c2=O)cc1. The van der Waals surface area contributed by atoms with Crippen LogP contribution >= 0.6 is 11.8 Å². The molecule has 4 aromatic carbocycles. The number of fused-ring (bicyclic) bond motifs is 2. The maximum absolute atomic E-state index is 13.9. The molecular weight excluding hydrogens is 556 g/mol. The number of hydrogen-bond acceptors (Lipinski definition) is 8. The van der Waals surface area contributed by atoms with Crippen molar-refractivity contribution in [1.82, 2.24) is 14.9 Å². The van der Waals surface area contributed by atoms with Crippen LogP contribution in [0, 0.1) is 0 Å². The lowest BCUT2D eigenvalue weighted by Crippen LogP contribution is -2.35. The first-order valence-electron chi connectivity index (χ1n) is 12.9. The van der Waals surface area contributed by atoms with Gasteiger partial charge in [0.05, 0.1) is 29.5 Å². The summed E-state index contributed by atoms with van der Waals surface area (Å²) in [5.74, 6) is 0.993. The largest absolute Gasteiger partial charge is 0.497 e. The molecule has 0 spiro atoms. The molecule has 5 aromatic rings. The number of aromatic nitrogens is 2. The lowest BCUT2D eigenvalue weighted by Gasteiger charge is -2.14. The summed E-state index contributed by atoms with van der Waals surface area (Å²) in [6.45, 7) is 0.110. The van der Waals surface area contributed by atoms with Gasteiger partial charge in [-0.3, -0.25) is 19.5 Å². The second-order valence-corrected chi connectivity index (χ2v) is 10.1. The van der Waals surface area contributed by atoms with Crippen molar-refractivity contribution in [1.29, 1.82) is 0 Å². The van der Waals surface area contributed by atoms with Gasteiger partial charge in [0.2, 0.25) is 12.7 Å². The zero-order valence-electron chi connectivity index (χ0n) is 22.3. The summed E-state index contributed by atoms with van der Waals surface area (Å²) in [4.78, 5) is 43.8. The van der Waals surface area contributed by atoms with E-state index < -0.39 is 11.9 Å². The summed E-state index contributed by atoms with van der Waals surface area (Å²) in [7, 11) is 1.56. The second-order valence-electron chi connectivity index (χ2n) is 9.19. The summed E-state index contributed by atoms with van der Waals surface area (Å²) in [5.41, 5.74) is 3.07. The molecular formula is C31H24N4O6S. The molecule has 0 bridgehead atoms. The van der Waals surface area contributed by atoms with E-state index in [0.717, 1.165) is 22.9 Å². The smallest absolute Gasteiger partial charge is 0.325 e. The van der Waals surface area contributed by atoms with Crippen molar-refractivity contribution in [3.05, 3.63) is 101 Å². The van der Waals surface area contributed by atoms with Crippen LogP contribution in [-0.2, 0) is 4.79 Å². The Kier molecular flexibility index (Phi) is 7.48. The van der Waals surface area contributed by atoms with Gasteiger partial charge in [-0.05, 0) is 59.7 Å². The van der Waals surface area contributed by atoms with Gasteiger partial charge in [0, 0.05) is 11.8 Å². The molecule has 0 unspecified atom stereocenters. The van der Waals surface area contributed by atoms with Crippen LogP contribution in [0.2, 0.25) is 0 Å². The van der Waals surface area contributed by atoms with Crippen molar-refractivity contribution in [2.45, 2.75) is 5.16 Å². The van der Waals surface area contributed by atoms with Crippen molar-refractivity contribution in [2.24, 2.45) is 0 Å². The van der Waals surface area contributed by atoms with Gasteiger partial charge >= 0.3 is 6.03 Å². The van der Waals surface area contributed by atoms with Gasteiger partial charge in [-0.25, -0.2) is 9.78 Å². The first-order valence-corrected chi connectivity index (χ1v) is 13.9. The summed E-state index contributed by atoms with van der Waals surface area (Å²) in [6.07, 6.45) is 0. The number of benzene rings is 4. The average Bonchev–Trinajstić information content (AvgIpc) is 3.48. The average molecular weight is 581 g/mol. The van der Waals surface area contributed by atoms with Gasteiger partial charge in [0.15, 0.2) is 16.7 Å². The highest BCUT2D eigenvalue weighted by molar-refractivity contribution is 7.99. The molecule has 6 rings (SSSR count). The van der Waals surface area contributed by atoms with E-state index in [1.54, 1.807) is 55.6 Å². The Balaban J connectivity index is 1.25. The molecule has 2 heterocycles. The highest BCUT2D eigenvalue weighted by Crippen LogP contribution is 2.34. The number of amides is 3. The van der Waals surface area contributed by atoms with E-state index in [9.17, 15) is 14.4 Å². The van der Waals surface area contributed by atoms with Crippen LogP contribution in [0.15, 0.2) is 101 Å². The number of methoxy groups -OCH3 is 1. The minimum atomic E-state index is -0.702. The highest BCUT2D eigenvalue weighted by atomic mass is 32.2. The maximum atomic E-state index is 13.9. The van der Waals surface area contributed by atoms with Crippen molar-refractivity contribution in [3.8, 4) is 34.1 Å². The van der Waals surface area contributed by atoms with Crippen LogP contribution in [0.3, 0.4) is 0 Å². The lowest BCUT2D eigenvalue weighted by molar-refractivity contribution is -0.117. The number of imide groups is 1. The minimum Gasteiger partial charge on any atom is -0.497 e. The number of ether oxygens (including phenoxy) is 3. The number of nitrogens with zero attached hydrogens (tertiary/aromatic N) is 2. The van der Waals surface area contributed by atoms with Gasteiger partial charge in [0.25, 0.3) is 5.56 Å². The molecule has 1 aliphatic heterocycles. The molecule has 0 radical (unpaired) electrons. The normalized spacial score (nSPS) is 11.7. The van der Waals surface area contributed by atoms with Gasteiger partial charge in [-0.15, -0.1) is 0 Å². The molecule has 1 aromatic heterocycles. The topological polar surface area (TPSA) is 121 Å². The summed E-state index contributed by atoms with van der Waals surface area (Å²) in [5, 5.41) is 5.64. The third-order valence-corrected chi connectivity index (χ3v) is 7.43. The van der Waals surface area contributed by atoms with Crippen LogP contribution in [-0.4, -0.2) is 41.1 Å². The van der Waals surface area contributed by atoms with Crippen molar-refractivity contribution >= 4 is 40.3 Å².